The van der Waals surface area contributed by atoms with Crippen LogP contribution in [-0.4, -0.2) is 88.9 Å². The lowest BCUT2D eigenvalue weighted by atomic mass is 10.1. The molecule has 0 aliphatic carbocycles. The Hall–Kier alpha value is -3.18. The van der Waals surface area contributed by atoms with Crippen molar-refractivity contribution in [3.05, 3.63) is 47.7 Å². The van der Waals surface area contributed by atoms with E-state index in [1.165, 1.54) is 31.3 Å². The number of nitrogens with zero attached hydrogens (tertiary/aromatic N) is 4. The van der Waals surface area contributed by atoms with Crippen LogP contribution in [0.2, 0.25) is 0 Å². The third-order valence-corrected chi connectivity index (χ3v) is 6.40. The number of fused-ring (bicyclic) bond motifs is 1. The number of halogens is 1. The van der Waals surface area contributed by atoms with Gasteiger partial charge in [-0.3, -0.25) is 14.8 Å². The minimum atomic E-state index is -1.12. The summed E-state index contributed by atoms with van der Waals surface area (Å²) in [4.78, 5) is 38.8. The second-order valence-electron chi connectivity index (χ2n) is 9.23. The highest BCUT2D eigenvalue weighted by Crippen LogP contribution is 2.20. The average Bonchev–Trinajstić information content (AvgIpc) is 2.91. The Labute approximate surface area is 217 Å². The quantitative estimate of drug-likeness (QED) is 0.287. The lowest BCUT2D eigenvalue weighted by Crippen LogP contribution is -2.45. The second kappa shape index (κ2) is 15.2. The molecule has 0 radical (unpaired) electrons. The lowest BCUT2D eigenvalue weighted by Gasteiger charge is -2.27. The van der Waals surface area contributed by atoms with E-state index in [-0.39, 0.29) is 12.8 Å². The molecule has 202 valence electrons. The molecule has 2 aromatic heterocycles. The molecule has 0 spiro atoms. The number of anilines is 1. The van der Waals surface area contributed by atoms with Crippen LogP contribution in [0.4, 0.5) is 10.2 Å². The van der Waals surface area contributed by atoms with E-state index in [4.69, 9.17) is 9.72 Å². The number of aryl methyl sites for hydroxylation is 2. The van der Waals surface area contributed by atoms with Crippen LogP contribution in [0.1, 0.15) is 42.6 Å². The van der Waals surface area contributed by atoms with Crippen LogP contribution < -0.4 is 10.6 Å². The Morgan fingerprint density at radius 2 is 2.11 bits per heavy atom. The summed E-state index contributed by atoms with van der Waals surface area (Å²) in [6, 6.07) is 3.16. The van der Waals surface area contributed by atoms with Crippen LogP contribution in [-0.2, 0) is 33.6 Å². The number of carboxylic acids is 1. The summed E-state index contributed by atoms with van der Waals surface area (Å²) in [7, 11) is 1.46. The van der Waals surface area contributed by atoms with Gasteiger partial charge in [0, 0.05) is 51.0 Å². The van der Waals surface area contributed by atoms with E-state index in [2.05, 4.69) is 32.7 Å². The Morgan fingerprint density at radius 1 is 1.24 bits per heavy atom. The molecule has 10 nitrogen and oxygen atoms in total. The molecular formula is C26H37FN6O4. The van der Waals surface area contributed by atoms with Gasteiger partial charge in [0.05, 0.1) is 18.2 Å². The van der Waals surface area contributed by atoms with Crippen LogP contribution in [0.15, 0.2) is 30.7 Å². The minimum absolute atomic E-state index is 0.0544. The molecule has 0 aromatic carbocycles. The molecule has 0 saturated heterocycles. The van der Waals surface area contributed by atoms with Gasteiger partial charge in [0.2, 0.25) is 5.91 Å². The van der Waals surface area contributed by atoms with Crippen molar-refractivity contribution in [2.45, 2.75) is 57.1 Å². The number of aromatic nitrogens is 3. The third kappa shape index (κ3) is 9.66. The number of carbonyl (C=O) groups excluding carboxylic acids is 1. The molecule has 1 amide bonds. The minimum Gasteiger partial charge on any atom is -0.480 e. The largest absolute Gasteiger partial charge is 0.480 e. The van der Waals surface area contributed by atoms with Crippen molar-refractivity contribution in [2.24, 2.45) is 0 Å². The van der Waals surface area contributed by atoms with Crippen molar-refractivity contribution < 1.29 is 23.8 Å². The maximum atomic E-state index is 13.3. The smallest absolute Gasteiger partial charge is 0.326 e. The predicted molar refractivity (Wildman–Crippen MR) is 137 cm³/mol. The van der Waals surface area contributed by atoms with Crippen LogP contribution in [0, 0.1) is 0 Å². The maximum absolute atomic E-state index is 13.3. The lowest BCUT2D eigenvalue weighted by molar-refractivity contribution is -0.142. The Morgan fingerprint density at radius 3 is 2.84 bits per heavy atom. The summed E-state index contributed by atoms with van der Waals surface area (Å²) in [5, 5.41) is 15.6. The first kappa shape index (κ1) is 28.4. The zero-order valence-corrected chi connectivity index (χ0v) is 21.4. The normalized spacial score (nSPS) is 14.5. The maximum Gasteiger partial charge on any atom is 0.326 e. The molecule has 0 bridgehead atoms. The van der Waals surface area contributed by atoms with Gasteiger partial charge < -0.3 is 25.4 Å². The number of nitrogens with one attached hydrogen (secondary N) is 2. The molecule has 3 rings (SSSR count). The number of alkyl halides is 1. The van der Waals surface area contributed by atoms with Crippen molar-refractivity contribution in [3.8, 4) is 0 Å². The molecular weight excluding hydrogens is 479 g/mol. The van der Waals surface area contributed by atoms with Crippen molar-refractivity contribution >= 4 is 17.7 Å². The van der Waals surface area contributed by atoms with Gasteiger partial charge in [-0.2, -0.15) is 0 Å². The molecule has 2 aromatic rings. The van der Waals surface area contributed by atoms with E-state index in [0.29, 0.717) is 25.3 Å². The van der Waals surface area contributed by atoms with Gasteiger partial charge in [-0.15, -0.1) is 0 Å². The fourth-order valence-electron chi connectivity index (χ4n) is 4.32. The number of hydrogen-bond donors (Lipinski definition) is 3. The SMILES string of the molecule is CO[C@H](CF)CN(CCCCc1ccc2c(n1)NCCC2)CC[C@H](NC(=O)Cc1cnccn1)C(=O)O. The fourth-order valence-corrected chi connectivity index (χ4v) is 4.32. The van der Waals surface area contributed by atoms with Gasteiger partial charge in [-0.25, -0.2) is 14.2 Å². The highest BCUT2D eigenvalue weighted by Gasteiger charge is 2.22. The van der Waals surface area contributed by atoms with Crippen LogP contribution in [0.3, 0.4) is 0 Å². The first-order valence-corrected chi connectivity index (χ1v) is 12.8. The first-order chi connectivity index (χ1) is 18.0. The number of aliphatic carboxylic acids is 1. The van der Waals surface area contributed by atoms with Crippen LogP contribution >= 0.6 is 0 Å². The van der Waals surface area contributed by atoms with Gasteiger partial charge >= 0.3 is 5.97 Å². The van der Waals surface area contributed by atoms with Crippen molar-refractivity contribution in [1.82, 2.24) is 25.2 Å². The average molecular weight is 517 g/mol. The van der Waals surface area contributed by atoms with Gasteiger partial charge in [-0.1, -0.05) is 6.07 Å². The molecule has 37 heavy (non-hydrogen) atoms. The van der Waals surface area contributed by atoms with E-state index in [1.54, 1.807) is 0 Å². The third-order valence-electron chi connectivity index (χ3n) is 6.40. The Balaban J connectivity index is 1.50. The molecule has 1 aliphatic heterocycles. The molecule has 3 N–H and O–H groups in total. The van der Waals surface area contributed by atoms with Crippen LogP contribution in [0.25, 0.3) is 0 Å². The first-order valence-electron chi connectivity index (χ1n) is 12.8. The van der Waals surface area contributed by atoms with Crippen molar-refractivity contribution in [2.75, 3.05) is 45.3 Å². The van der Waals surface area contributed by atoms with E-state index >= 15 is 0 Å². The number of unbranched alkanes of at least 4 members (excludes halogenated alkanes) is 1. The van der Waals surface area contributed by atoms with E-state index < -0.39 is 30.7 Å². The number of pyridine rings is 1. The molecule has 11 heteroatoms. The van der Waals surface area contributed by atoms with Gasteiger partial charge in [-0.05, 0) is 56.7 Å². The Kier molecular flexibility index (Phi) is 11.6. The van der Waals surface area contributed by atoms with Crippen molar-refractivity contribution in [3.63, 3.8) is 0 Å². The molecule has 0 fully saturated rings. The molecule has 1 aliphatic rings. The predicted octanol–water partition coefficient (Wildman–Crippen LogP) is 2.04. The topological polar surface area (TPSA) is 130 Å². The summed E-state index contributed by atoms with van der Waals surface area (Å²) in [6.45, 7) is 1.70. The van der Waals surface area contributed by atoms with Gasteiger partial charge in [0.15, 0.2) is 0 Å². The number of hydrogen-bond acceptors (Lipinski definition) is 8. The Bertz CT molecular complexity index is 992. The van der Waals surface area contributed by atoms with E-state index in [9.17, 15) is 19.1 Å². The highest BCUT2D eigenvalue weighted by molar-refractivity contribution is 5.84. The number of methoxy groups -OCH3 is 1. The van der Waals surface area contributed by atoms with E-state index in [1.807, 2.05) is 4.90 Å². The molecule has 0 saturated carbocycles. The van der Waals surface area contributed by atoms with Crippen LogP contribution in [0.5, 0.6) is 0 Å². The van der Waals surface area contributed by atoms with E-state index in [0.717, 1.165) is 50.2 Å². The monoisotopic (exact) mass is 516 g/mol. The number of carboxylic acid groups (broad SMARTS) is 1. The zero-order chi connectivity index (χ0) is 26.5. The fraction of sp³-hybridized carbons (Fsp3) is 0.577. The molecule has 3 heterocycles. The van der Waals surface area contributed by atoms with Gasteiger partial charge in [0.1, 0.15) is 18.5 Å². The summed E-state index contributed by atoms with van der Waals surface area (Å²) in [5.41, 5.74) is 2.76. The second-order valence-corrected chi connectivity index (χ2v) is 9.23. The number of carbonyl (C=O) groups is 2. The highest BCUT2D eigenvalue weighted by atomic mass is 19.1. The van der Waals surface area contributed by atoms with Crippen molar-refractivity contribution in [1.29, 1.82) is 0 Å². The number of rotatable bonds is 16. The summed E-state index contributed by atoms with van der Waals surface area (Å²) in [5.74, 6) is -0.573. The number of amides is 1. The zero-order valence-electron chi connectivity index (χ0n) is 21.4. The molecule has 0 unspecified atom stereocenters. The summed E-state index contributed by atoms with van der Waals surface area (Å²) in [6.07, 6.45) is 8.72. The van der Waals surface area contributed by atoms with Gasteiger partial charge in [0.25, 0.3) is 0 Å². The molecule has 2 atom stereocenters. The standard InChI is InChI=1S/C26H37FN6O4/c1-37-22(16-27)18-33(13-3-2-6-20-8-7-19-5-4-10-30-25(19)31-20)14-9-23(26(35)36)32-24(34)15-21-17-28-11-12-29-21/h7-8,11-12,17,22-23H,2-6,9-10,13-16,18H2,1H3,(H,30,31)(H,32,34)(H,35,36)/t22-,23+/m1/s1. The number of ether oxygens (including phenoxy) is 1. The summed E-state index contributed by atoms with van der Waals surface area (Å²) < 4.78 is 18.6. The summed E-state index contributed by atoms with van der Waals surface area (Å²) >= 11 is 0.